The minimum Gasteiger partial charge on any atom is -0.399 e. The van der Waals surface area contributed by atoms with Crippen LogP contribution in [0.15, 0.2) is 41.8 Å². The predicted octanol–water partition coefficient (Wildman–Crippen LogP) is 0.613. The van der Waals surface area contributed by atoms with Crippen LogP contribution in [0, 0.1) is 0 Å². The molecule has 0 fully saturated rings. The van der Waals surface area contributed by atoms with Crippen LogP contribution in [0.5, 0.6) is 0 Å². The average Bonchev–Trinajstić information content (AvgIpc) is 2.82. The van der Waals surface area contributed by atoms with Crippen LogP contribution in [-0.4, -0.2) is 24.0 Å². The zero-order chi connectivity index (χ0) is 14.8. The van der Waals surface area contributed by atoms with Crippen molar-refractivity contribution in [1.29, 1.82) is 0 Å². The van der Waals surface area contributed by atoms with Crippen molar-refractivity contribution in [1.82, 2.24) is 9.55 Å². The van der Waals surface area contributed by atoms with Gasteiger partial charge in [-0.15, -0.1) is 0 Å². The van der Waals surface area contributed by atoms with Gasteiger partial charge in [0.15, 0.2) is 0 Å². The summed E-state index contributed by atoms with van der Waals surface area (Å²) < 4.78 is 25.0. The van der Waals surface area contributed by atoms with Crippen LogP contribution in [0.4, 0.5) is 11.4 Å². The van der Waals surface area contributed by atoms with Gasteiger partial charge in [-0.1, -0.05) is 0 Å². The molecule has 0 aliphatic carbocycles. The molecule has 2 aromatic rings. The monoisotopic (exact) mass is 295 g/mol. The number of rotatable bonds is 5. The Morgan fingerprint density at radius 1 is 1.45 bits per heavy atom. The van der Waals surface area contributed by atoms with Gasteiger partial charge in [-0.05, 0) is 25.1 Å². The van der Waals surface area contributed by atoms with E-state index < -0.39 is 10.0 Å². The summed E-state index contributed by atoms with van der Waals surface area (Å²) in [5, 5.41) is 8.32. The lowest BCUT2D eigenvalue weighted by atomic mass is 10.2. The lowest BCUT2D eigenvalue weighted by molar-refractivity contribution is 0.596. The van der Waals surface area contributed by atoms with E-state index in [9.17, 15) is 8.42 Å². The van der Waals surface area contributed by atoms with E-state index in [4.69, 9.17) is 10.9 Å². The number of nitrogens with one attached hydrogen (secondary N) is 1. The predicted molar refractivity (Wildman–Crippen MR) is 77.5 cm³/mol. The number of imidazole rings is 1. The number of primary sulfonamides is 1. The van der Waals surface area contributed by atoms with Gasteiger partial charge in [0.25, 0.3) is 0 Å². The smallest absolute Gasteiger partial charge is 0.240 e. The van der Waals surface area contributed by atoms with Crippen LogP contribution < -0.4 is 16.2 Å². The molecule has 0 amide bonds. The maximum Gasteiger partial charge on any atom is 0.240 e. The van der Waals surface area contributed by atoms with Gasteiger partial charge in [0.2, 0.25) is 10.0 Å². The fourth-order valence-corrected chi connectivity index (χ4v) is 2.65. The molecule has 5 N–H and O–H groups in total. The largest absolute Gasteiger partial charge is 0.399 e. The highest BCUT2D eigenvalue weighted by molar-refractivity contribution is 7.89. The molecule has 1 aromatic heterocycles. The van der Waals surface area contributed by atoms with E-state index in [1.54, 1.807) is 24.7 Å². The van der Waals surface area contributed by atoms with Gasteiger partial charge in [0, 0.05) is 30.7 Å². The Bertz CT molecular complexity index is 682. The van der Waals surface area contributed by atoms with Gasteiger partial charge in [-0.2, -0.15) is 0 Å². The second-order valence-corrected chi connectivity index (χ2v) is 6.14. The van der Waals surface area contributed by atoms with Gasteiger partial charge < -0.3 is 15.6 Å². The second-order valence-electron chi connectivity index (χ2n) is 4.61. The molecular formula is C12H17N5O2S. The topological polar surface area (TPSA) is 116 Å². The summed E-state index contributed by atoms with van der Waals surface area (Å²) in [7, 11) is -3.83. The molecule has 0 aliphatic rings. The molecule has 1 atom stereocenters. The fraction of sp³-hybridized carbons (Fsp3) is 0.250. The Balaban J connectivity index is 2.21. The summed E-state index contributed by atoms with van der Waals surface area (Å²) in [6.07, 6.45) is 5.22. The molecule has 2 rings (SSSR count). The van der Waals surface area contributed by atoms with E-state index in [0.717, 1.165) is 0 Å². The van der Waals surface area contributed by atoms with Crippen LogP contribution >= 0.6 is 0 Å². The second kappa shape index (κ2) is 5.51. The minimum atomic E-state index is -3.83. The molecule has 0 spiro atoms. The molecule has 1 unspecified atom stereocenters. The molecule has 0 saturated carbocycles. The quantitative estimate of drug-likeness (QED) is 0.699. The third kappa shape index (κ3) is 3.49. The molecule has 0 bridgehead atoms. The molecule has 8 heteroatoms. The van der Waals surface area contributed by atoms with Gasteiger partial charge in [0.1, 0.15) is 4.90 Å². The molecule has 108 valence electrons. The zero-order valence-corrected chi connectivity index (χ0v) is 11.8. The van der Waals surface area contributed by atoms with Crippen molar-refractivity contribution in [2.45, 2.75) is 24.4 Å². The third-order valence-electron chi connectivity index (χ3n) is 2.76. The normalized spacial score (nSPS) is 13.1. The van der Waals surface area contributed by atoms with E-state index in [1.807, 2.05) is 17.7 Å². The molecule has 7 nitrogen and oxygen atoms in total. The number of benzene rings is 1. The van der Waals surface area contributed by atoms with Crippen LogP contribution in [0.2, 0.25) is 0 Å². The average molecular weight is 295 g/mol. The van der Waals surface area contributed by atoms with Gasteiger partial charge in [-0.25, -0.2) is 18.5 Å². The molecule has 0 saturated heterocycles. The molecule has 0 radical (unpaired) electrons. The van der Waals surface area contributed by atoms with Crippen LogP contribution in [0.25, 0.3) is 0 Å². The first kappa shape index (κ1) is 14.4. The number of nitrogens with two attached hydrogens (primary N) is 2. The summed E-state index contributed by atoms with van der Waals surface area (Å²) in [5.41, 5.74) is 6.39. The third-order valence-corrected chi connectivity index (χ3v) is 3.71. The van der Waals surface area contributed by atoms with Crippen molar-refractivity contribution >= 4 is 21.4 Å². The standard InChI is InChI=1S/C12H17N5O2S/c1-9(7-17-5-4-15-8-17)16-11-3-2-10(13)6-12(11)20(14,18)19/h2-6,8-9,16H,7,13H2,1H3,(H2,14,18,19). The lowest BCUT2D eigenvalue weighted by Crippen LogP contribution is -2.23. The number of sulfonamides is 1. The van der Waals surface area contributed by atoms with Gasteiger partial charge in [-0.3, -0.25) is 0 Å². The van der Waals surface area contributed by atoms with Crippen LogP contribution in [0.3, 0.4) is 0 Å². The van der Waals surface area contributed by atoms with Crippen molar-refractivity contribution in [3.8, 4) is 0 Å². The Kier molecular flexibility index (Phi) is 3.96. The maximum atomic E-state index is 11.6. The number of hydrogen-bond acceptors (Lipinski definition) is 5. The van der Waals surface area contributed by atoms with Crippen molar-refractivity contribution in [3.63, 3.8) is 0 Å². The van der Waals surface area contributed by atoms with Crippen LogP contribution in [0.1, 0.15) is 6.92 Å². The van der Waals surface area contributed by atoms with Crippen LogP contribution in [-0.2, 0) is 16.6 Å². The summed E-state index contributed by atoms with van der Waals surface area (Å²) in [6, 6.07) is 4.58. The molecule has 20 heavy (non-hydrogen) atoms. The molecule has 0 aliphatic heterocycles. The van der Waals surface area contributed by atoms with E-state index >= 15 is 0 Å². The lowest BCUT2D eigenvalue weighted by Gasteiger charge is -2.18. The molecular weight excluding hydrogens is 278 g/mol. The van der Waals surface area contributed by atoms with E-state index in [2.05, 4.69) is 10.3 Å². The van der Waals surface area contributed by atoms with Crippen molar-refractivity contribution < 1.29 is 8.42 Å². The highest BCUT2D eigenvalue weighted by atomic mass is 32.2. The first-order chi connectivity index (χ1) is 9.36. The minimum absolute atomic E-state index is 0.00465. The SMILES string of the molecule is CC(Cn1ccnc1)Nc1ccc(N)cc1S(N)(=O)=O. The van der Waals surface area contributed by atoms with Gasteiger partial charge >= 0.3 is 0 Å². The highest BCUT2D eigenvalue weighted by Crippen LogP contribution is 2.23. The Labute approximate surface area is 117 Å². The summed E-state index contributed by atoms with van der Waals surface area (Å²) in [4.78, 5) is 3.95. The number of anilines is 2. The first-order valence-electron chi connectivity index (χ1n) is 6.01. The Morgan fingerprint density at radius 3 is 2.80 bits per heavy atom. The van der Waals surface area contributed by atoms with Crippen molar-refractivity contribution in [2.75, 3.05) is 11.1 Å². The zero-order valence-electron chi connectivity index (χ0n) is 11.0. The van der Waals surface area contributed by atoms with E-state index in [0.29, 0.717) is 17.9 Å². The number of aromatic nitrogens is 2. The summed E-state index contributed by atoms with van der Waals surface area (Å²) in [5.74, 6) is 0. The molecule has 1 heterocycles. The van der Waals surface area contributed by atoms with E-state index in [-0.39, 0.29) is 10.9 Å². The highest BCUT2D eigenvalue weighted by Gasteiger charge is 2.16. The number of hydrogen-bond donors (Lipinski definition) is 3. The Morgan fingerprint density at radius 2 is 2.20 bits per heavy atom. The number of nitrogens with zero attached hydrogens (tertiary/aromatic N) is 2. The summed E-state index contributed by atoms with van der Waals surface area (Å²) >= 11 is 0. The van der Waals surface area contributed by atoms with Crippen molar-refractivity contribution in [3.05, 3.63) is 36.9 Å². The maximum absolute atomic E-state index is 11.6. The summed E-state index contributed by atoms with van der Waals surface area (Å²) in [6.45, 7) is 2.58. The fourth-order valence-electron chi connectivity index (χ4n) is 1.92. The van der Waals surface area contributed by atoms with E-state index in [1.165, 1.54) is 6.07 Å². The number of nitrogen functional groups attached to an aromatic ring is 1. The molecule has 1 aromatic carbocycles. The Hall–Kier alpha value is -2.06. The first-order valence-corrected chi connectivity index (χ1v) is 7.55. The van der Waals surface area contributed by atoms with Gasteiger partial charge in [0.05, 0.1) is 12.0 Å². The van der Waals surface area contributed by atoms with Crippen molar-refractivity contribution in [2.24, 2.45) is 5.14 Å².